The highest BCUT2D eigenvalue weighted by Crippen LogP contribution is 2.42. The fourth-order valence-electron chi connectivity index (χ4n) is 2.17. The molecular formula is C14H12N4O2S2. The van der Waals surface area contributed by atoms with Gasteiger partial charge in [0.2, 0.25) is 11.0 Å². The molecule has 0 radical (unpaired) electrons. The van der Waals surface area contributed by atoms with Crippen LogP contribution in [-0.2, 0) is 4.79 Å². The topological polar surface area (TPSA) is 84.0 Å². The van der Waals surface area contributed by atoms with Gasteiger partial charge in [0.1, 0.15) is 5.01 Å². The van der Waals surface area contributed by atoms with Crippen molar-refractivity contribution in [2.24, 2.45) is 0 Å². The van der Waals surface area contributed by atoms with E-state index in [1.54, 1.807) is 12.1 Å². The van der Waals surface area contributed by atoms with Crippen LogP contribution in [0.4, 0.5) is 10.8 Å². The van der Waals surface area contributed by atoms with E-state index in [9.17, 15) is 9.59 Å². The third kappa shape index (κ3) is 2.71. The second-order valence-electron chi connectivity index (χ2n) is 5.22. The van der Waals surface area contributed by atoms with Crippen LogP contribution in [-0.4, -0.2) is 27.8 Å². The lowest BCUT2D eigenvalue weighted by atomic mass is 10.2. The van der Waals surface area contributed by atoms with Gasteiger partial charge in [-0.3, -0.25) is 14.9 Å². The lowest BCUT2D eigenvalue weighted by Gasteiger charge is -2.16. The number of fused-ring (bicyclic) bond motifs is 1. The Kier molecular flexibility index (Phi) is 3.34. The highest BCUT2D eigenvalue weighted by Gasteiger charge is 2.28. The molecule has 22 heavy (non-hydrogen) atoms. The Labute approximate surface area is 134 Å². The average molecular weight is 332 g/mol. The average Bonchev–Trinajstić information content (AvgIpc) is 3.27. The number of benzene rings is 1. The number of amides is 2. The van der Waals surface area contributed by atoms with Crippen LogP contribution in [0.25, 0.3) is 0 Å². The molecule has 8 heteroatoms. The molecule has 6 nitrogen and oxygen atoms in total. The summed E-state index contributed by atoms with van der Waals surface area (Å²) in [6.07, 6.45) is 2.32. The monoisotopic (exact) mass is 332 g/mol. The van der Waals surface area contributed by atoms with Gasteiger partial charge in [-0.05, 0) is 31.0 Å². The molecule has 1 aliphatic heterocycles. The van der Waals surface area contributed by atoms with E-state index in [4.69, 9.17) is 0 Å². The van der Waals surface area contributed by atoms with Gasteiger partial charge in [0.15, 0.2) is 0 Å². The Balaban J connectivity index is 1.51. The second kappa shape index (κ2) is 5.36. The van der Waals surface area contributed by atoms with Crippen molar-refractivity contribution in [1.82, 2.24) is 10.2 Å². The number of anilines is 2. The van der Waals surface area contributed by atoms with Crippen LogP contribution in [0, 0.1) is 0 Å². The minimum Gasteiger partial charge on any atom is -0.324 e. The lowest BCUT2D eigenvalue weighted by Crippen LogP contribution is -2.19. The molecule has 1 aromatic heterocycles. The van der Waals surface area contributed by atoms with Gasteiger partial charge < -0.3 is 5.32 Å². The van der Waals surface area contributed by atoms with Gasteiger partial charge in [0.25, 0.3) is 5.91 Å². The first-order chi connectivity index (χ1) is 10.7. The summed E-state index contributed by atoms with van der Waals surface area (Å²) in [5.74, 6) is 0.645. The Hall–Kier alpha value is -1.93. The number of thioether (sulfide) groups is 1. The molecule has 1 aliphatic carbocycles. The molecule has 2 aromatic rings. The molecule has 2 aliphatic rings. The van der Waals surface area contributed by atoms with Gasteiger partial charge in [-0.2, -0.15) is 0 Å². The summed E-state index contributed by atoms with van der Waals surface area (Å²) in [4.78, 5) is 24.7. The SMILES string of the molecule is O=C1CSc2ccc(C(=O)Nc3nnc(C4CC4)s3)cc2N1. The zero-order valence-electron chi connectivity index (χ0n) is 11.5. The van der Waals surface area contributed by atoms with Gasteiger partial charge in [0.05, 0.1) is 11.4 Å². The van der Waals surface area contributed by atoms with Gasteiger partial charge in [0, 0.05) is 16.4 Å². The van der Waals surface area contributed by atoms with Crippen LogP contribution in [0.1, 0.15) is 34.1 Å². The minimum atomic E-state index is -0.244. The van der Waals surface area contributed by atoms with Crippen LogP contribution in [0.5, 0.6) is 0 Å². The van der Waals surface area contributed by atoms with Crippen molar-refractivity contribution in [3.8, 4) is 0 Å². The molecule has 1 aromatic carbocycles. The summed E-state index contributed by atoms with van der Waals surface area (Å²) in [5, 5.41) is 15.2. The normalized spacial score (nSPS) is 16.8. The molecular weight excluding hydrogens is 320 g/mol. The van der Waals surface area contributed by atoms with Crippen LogP contribution >= 0.6 is 23.1 Å². The summed E-state index contributed by atoms with van der Waals surface area (Å²) in [7, 11) is 0. The van der Waals surface area contributed by atoms with Crippen molar-refractivity contribution in [2.45, 2.75) is 23.7 Å². The van der Waals surface area contributed by atoms with Gasteiger partial charge in [-0.15, -0.1) is 22.0 Å². The standard InChI is InChI=1S/C14H12N4O2S2/c19-11-6-21-10-4-3-8(5-9(10)15-11)12(20)16-14-18-17-13(22-14)7-1-2-7/h3-5,7H,1-2,6H2,(H,15,19)(H,16,18,20). The first-order valence-corrected chi connectivity index (χ1v) is 8.71. The summed E-state index contributed by atoms with van der Waals surface area (Å²) in [6.45, 7) is 0. The quantitative estimate of drug-likeness (QED) is 0.903. The molecule has 112 valence electrons. The predicted octanol–water partition coefficient (Wildman–Crippen LogP) is 2.71. The van der Waals surface area contributed by atoms with Gasteiger partial charge in [-0.1, -0.05) is 11.3 Å². The predicted molar refractivity (Wildman–Crippen MR) is 85.6 cm³/mol. The third-order valence-electron chi connectivity index (χ3n) is 3.46. The van der Waals surface area contributed by atoms with E-state index in [2.05, 4.69) is 20.8 Å². The lowest BCUT2D eigenvalue weighted by molar-refractivity contribution is -0.113. The molecule has 0 saturated heterocycles. The Bertz CT molecular complexity index is 770. The molecule has 1 fully saturated rings. The fraction of sp³-hybridized carbons (Fsp3) is 0.286. The van der Waals surface area contributed by atoms with E-state index in [1.807, 2.05) is 6.07 Å². The van der Waals surface area contributed by atoms with E-state index >= 15 is 0 Å². The van der Waals surface area contributed by atoms with Crippen LogP contribution < -0.4 is 10.6 Å². The summed E-state index contributed by atoms with van der Waals surface area (Å²) in [6, 6.07) is 5.29. The number of hydrogen-bond acceptors (Lipinski definition) is 6. The maximum Gasteiger partial charge on any atom is 0.257 e. The number of hydrogen-bond donors (Lipinski definition) is 2. The molecule has 1 saturated carbocycles. The van der Waals surface area contributed by atoms with E-state index in [0.717, 1.165) is 22.7 Å². The molecule has 0 bridgehead atoms. The first kappa shape index (κ1) is 13.7. The van der Waals surface area contributed by atoms with Gasteiger partial charge >= 0.3 is 0 Å². The van der Waals surface area contributed by atoms with E-state index in [1.165, 1.54) is 23.1 Å². The number of rotatable bonds is 3. The van der Waals surface area contributed by atoms with Crippen molar-refractivity contribution in [2.75, 3.05) is 16.4 Å². The van der Waals surface area contributed by atoms with Crippen molar-refractivity contribution >= 4 is 45.7 Å². The summed E-state index contributed by atoms with van der Waals surface area (Å²) in [5.41, 5.74) is 1.18. The molecule has 0 atom stereocenters. The molecule has 0 unspecified atom stereocenters. The number of aromatic nitrogens is 2. The maximum atomic E-state index is 12.3. The second-order valence-corrected chi connectivity index (χ2v) is 7.25. The van der Waals surface area contributed by atoms with E-state index in [0.29, 0.717) is 28.1 Å². The van der Waals surface area contributed by atoms with Crippen molar-refractivity contribution < 1.29 is 9.59 Å². The van der Waals surface area contributed by atoms with Crippen LogP contribution in [0.3, 0.4) is 0 Å². The van der Waals surface area contributed by atoms with Crippen molar-refractivity contribution in [3.63, 3.8) is 0 Å². The van der Waals surface area contributed by atoms with Gasteiger partial charge in [-0.25, -0.2) is 0 Å². The van der Waals surface area contributed by atoms with E-state index < -0.39 is 0 Å². The fourth-order valence-corrected chi connectivity index (χ4v) is 3.87. The zero-order chi connectivity index (χ0) is 15.1. The number of carbonyl (C=O) groups is 2. The highest BCUT2D eigenvalue weighted by molar-refractivity contribution is 8.00. The van der Waals surface area contributed by atoms with Crippen LogP contribution in [0.2, 0.25) is 0 Å². The Morgan fingerprint density at radius 1 is 1.32 bits per heavy atom. The van der Waals surface area contributed by atoms with E-state index in [-0.39, 0.29) is 11.8 Å². The number of nitrogens with zero attached hydrogens (tertiary/aromatic N) is 2. The first-order valence-electron chi connectivity index (χ1n) is 6.90. The Morgan fingerprint density at radius 2 is 2.18 bits per heavy atom. The minimum absolute atomic E-state index is 0.0479. The summed E-state index contributed by atoms with van der Waals surface area (Å²) < 4.78 is 0. The molecule has 2 amide bonds. The van der Waals surface area contributed by atoms with Crippen LogP contribution in [0.15, 0.2) is 23.1 Å². The largest absolute Gasteiger partial charge is 0.324 e. The third-order valence-corrected chi connectivity index (χ3v) is 5.54. The molecule has 2 N–H and O–H groups in total. The molecule has 0 spiro atoms. The molecule has 4 rings (SSSR count). The highest BCUT2D eigenvalue weighted by atomic mass is 32.2. The smallest absolute Gasteiger partial charge is 0.257 e. The van der Waals surface area contributed by atoms with Crippen molar-refractivity contribution in [1.29, 1.82) is 0 Å². The summed E-state index contributed by atoms with van der Waals surface area (Å²) >= 11 is 2.90. The molecule has 2 heterocycles. The number of carbonyl (C=O) groups excluding carboxylic acids is 2. The number of nitrogens with one attached hydrogen (secondary N) is 2. The zero-order valence-corrected chi connectivity index (χ0v) is 13.1. The maximum absolute atomic E-state index is 12.3. The van der Waals surface area contributed by atoms with Crippen molar-refractivity contribution in [3.05, 3.63) is 28.8 Å². The Morgan fingerprint density at radius 3 is 3.00 bits per heavy atom.